The maximum absolute atomic E-state index is 4.46. The van der Waals surface area contributed by atoms with Gasteiger partial charge in [0.25, 0.3) is 0 Å². The van der Waals surface area contributed by atoms with Crippen LogP contribution in [0.4, 0.5) is 0 Å². The van der Waals surface area contributed by atoms with E-state index >= 15 is 0 Å². The molecule has 80 valence electrons. The van der Waals surface area contributed by atoms with Crippen LogP contribution in [0, 0.1) is 0 Å². The summed E-state index contributed by atoms with van der Waals surface area (Å²) in [6, 6.07) is 8.51. The van der Waals surface area contributed by atoms with E-state index < -0.39 is 0 Å². The van der Waals surface area contributed by atoms with Gasteiger partial charge in [0.05, 0.1) is 0 Å². The zero-order valence-corrected chi connectivity index (χ0v) is 9.38. The van der Waals surface area contributed by atoms with E-state index in [4.69, 9.17) is 0 Å². The molecule has 16 heavy (non-hydrogen) atoms. The van der Waals surface area contributed by atoms with Gasteiger partial charge in [0.1, 0.15) is 11.3 Å². The number of aromatic nitrogens is 3. The highest BCUT2D eigenvalue weighted by molar-refractivity contribution is 6.05. The van der Waals surface area contributed by atoms with E-state index in [0.29, 0.717) is 6.04 Å². The van der Waals surface area contributed by atoms with Crippen molar-refractivity contribution in [2.24, 2.45) is 0 Å². The molecule has 0 amide bonds. The summed E-state index contributed by atoms with van der Waals surface area (Å²) < 4.78 is 2.19. The normalized spacial score (nSPS) is 11.7. The quantitative estimate of drug-likeness (QED) is 0.619. The molecule has 3 heteroatoms. The lowest BCUT2D eigenvalue weighted by molar-refractivity contribution is 0.632. The first kappa shape index (κ1) is 9.33. The summed E-state index contributed by atoms with van der Waals surface area (Å²) in [6.45, 7) is 4.31. The molecular formula is C13H13N3. The van der Waals surface area contributed by atoms with Crippen LogP contribution in [0.25, 0.3) is 22.1 Å². The van der Waals surface area contributed by atoms with Crippen molar-refractivity contribution < 1.29 is 0 Å². The van der Waals surface area contributed by atoms with Crippen molar-refractivity contribution in [1.29, 1.82) is 0 Å². The lowest BCUT2D eigenvalue weighted by Gasteiger charge is -2.09. The molecule has 0 saturated heterocycles. The summed E-state index contributed by atoms with van der Waals surface area (Å²) >= 11 is 0. The Balaban J connectivity index is 2.59. The van der Waals surface area contributed by atoms with E-state index in [1.165, 1.54) is 10.8 Å². The van der Waals surface area contributed by atoms with Gasteiger partial charge in [0, 0.05) is 29.2 Å². The van der Waals surface area contributed by atoms with E-state index in [9.17, 15) is 0 Å². The minimum absolute atomic E-state index is 0.366. The second-order valence-electron chi connectivity index (χ2n) is 4.21. The molecule has 0 N–H and O–H groups in total. The van der Waals surface area contributed by atoms with Gasteiger partial charge in [-0.15, -0.1) is 0 Å². The Hall–Kier alpha value is -1.90. The Morgan fingerprint density at radius 2 is 1.44 bits per heavy atom. The molecular weight excluding hydrogens is 198 g/mol. The van der Waals surface area contributed by atoms with E-state index in [0.717, 1.165) is 11.3 Å². The first-order chi connectivity index (χ1) is 7.79. The SMILES string of the molecule is CC(C)n1c2ncccc2c2cccnc21. The standard InChI is InChI=1S/C13H13N3/c1-9(2)16-12-10(5-3-7-14-12)11-6-4-8-15-13(11)16/h3-9H,1-2H3. The zero-order valence-electron chi connectivity index (χ0n) is 9.38. The summed E-state index contributed by atoms with van der Waals surface area (Å²) in [5.74, 6) is 0. The molecule has 0 aliphatic rings. The maximum atomic E-state index is 4.46. The smallest absolute Gasteiger partial charge is 0.142 e. The number of hydrogen-bond donors (Lipinski definition) is 0. The summed E-state index contributed by atoms with van der Waals surface area (Å²) in [7, 11) is 0. The molecule has 0 spiro atoms. The minimum Gasteiger partial charge on any atom is -0.307 e. The van der Waals surface area contributed by atoms with Crippen LogP contribution in [0.1, 0.15) is 19.9 Å². The van der Waals surface area contributed by atoms with Crippen molar-refractivity contribution in [3.05, 3.63) is 36.7 Å². The van der Waals surface area contributed by atoms with Crippen LogP contribution in [-0.2, 0) is 0 Å². The third kappa shape index (κ3) is 1.14. The molecule has 3 aromatic rings. The fourth-order valence-electron chi connectivity index (χ4n) is 2.19. The van der Waals surface area contributed by atoms with Crippen molar-refractivity contribution in [3.63, 3.8) is 0 Å². The van der Waals surface area contributed by atoms with Gasteiger partial charge in [-0.25, -0.2) is 9.97 Å². The number of pyridine rings is 2. The Morgan fingerprint density at radius 1 is 0.938 bits per heavy atom. The van der Waals surface area contributed by atoms with Crippen LogP contribution in [0.3, 0.4) is 0 Å². The molecule has 0 fully saturated rings. The summed E-state index contributed by atoms with van der Waals surface area (Å²) in [5.41, 5.74) is 2.04. The highest BCUT2D eigenvalue weighted by Gasteiger charge is 2.13. The molecule has 3 aromatic heterocycles. The largest absolute Gasteiger partial charge is 0.307 e. The molecule has 0 radical (unpaired) electrons. The fraction of sp³-hybridized carbons (Fsp3) is 0.231. The van der Waals surface area contributed by atoms with E-state index in [1.54, 1.807) is 0 Å². The van der Waals surface area contributed by atoms with E-state index in [1.807, 2.05) is 24.5 Å². The Bertz CT molecular complexity index is 599. The second-order valence-corrected chi connectivity index (χ2v) is 4.21. The summed E-state index contributed by atoms with van der Waals surface area (Å²) in [6.07, 6.45) is 3.67. The van der Waals surface area contributed by atoms with E-state index in [-0.39, 0.29) is 0 Å². The second kappa shape index (κ2) is 3.30. The molecule has 3 heterocycles. The van der Waals surface area contributed by atoms with Crippen molar-refractivity contribution in [2.75, 3.05) is 0 Å². The first-order valence-electron chi connectivity index (χ1n) is 5.48. The van der Waals surface area contributed by atoms with Crippen LogP contribution < -0.4 is 0 Å². The number of fused-ring (bicyclic) bond motifs is 3. The van der Waals surface area contributed by atoms with Gasteiger partial charge >= 0.3 is 0 Å². The average molecular weight is 211 g/mol. The topological polar surface area (TPSA) is 30.7 Å². The van der Waals surface area contributed by atoms with Gasteiger partial charge in [0.2, 0.25) is 0 Å². The molecule has 3 rings (SSSR count). The number of nitrogens with zero attached hydrogens (tertiary/aromatic N) is 3. The zero-order chi connectivity index (χ0) is 11.1. The van der Waals surface area contributed by atoms with Crippen LogP contribution in [-0.4, -0.2) is 14.5 Å². The predicted octanol–water partition coefficient (Wildman–Crippen LogP) is 3.17. The van der Waals surface area contributed by atoms with E-state index in [2.05, 4.69) is 40.5 Å². The molecule has 0 unspecified atom stereocenters. The molecule has 0 aliphatic heterocycles. The van der Waals surface area contributed by atoms with Crippen molar-refractivity contribution in [1.82, 2.24) is 14.5 Å². The summed E-state index contributed by atoms with van der Waals surface area (Å²) in [4.78, 5) is 8.93. The van der Waals surface area contributed by atoms with Gasteiger partial charge < -0.3 is 4.57 Å². The highest BCUT2D eigenvalue weighted by atomic mass is 15.1. The Labute approximate surface area is 93.7 Å². The van der Waals surface area contributed by atoms with Crippen LogP contribution in [0.5, 0.6) is 0 Å². The third-order valence-corrected chi connectivity index (χ3v) is 2.84. The molecule has 3 nitrogen and oxygen atoms in total. The Kier molecular flexibility index (Phi) is 1.93. The van der Waals surface area contributed by atoms with Crippen molar-refractivity contribution in [2.45, 2.75) is 19.9 Å². The highest BCUT2D eigenvalue weighted by Crippen LogP contribution is 2.28. The van der Waals surface area contributed by atoms with Crippen LogP contribution >= 0.6 is 0 Å². The van der Waals surface area contributed by atoms with Gasteiger partial charge in [-0.1, -0.05) is 0 Å². The third-order valence-electron chi connectivity index (χ3n) is 2.84. The van der Waals surface area contributed by atoms with Crippen molar-refractivity contribution in [3.8, 4) is 0 Å². The van der Waals surface area contributed by atoms with Gasteiger partial charge in [-0.3, -0.25) is 0 Å². The molecule has 0 aromatic carbocycles. The van der Waals surface area contributed by atoms with Crippen LogP contribution in [0.2, 0.25) is 0 Å². The summed E-state index contributed by atoms with van der Waals surface area (Å²) in [5, 5.41) is 2.36. The minimum atomic E-state index is 0.366. The molecule has 0 aliphatic carbocycles. The Morgan fingerprint density at radius 3 is 1.88 bits per heavy atom. The fourth-order valence-corrected chi connectivity index (χ4v) is 2.19. The van der Waals surface area contributed by atoms with Gasteiger partial charge in [-0.2, -0.15) is 0 Å². The molecule has 0 saturated carbocycles. The number of rotatable bonds is 1. The molecule has 0 atom stereocenters. The average Bonchev–Trinajstić information content (AvgIpc) is 2.63. The van der Waals surface area contributed by atoms with Crippen molar-refractivity contribution >= 4 is 22.1 Å². The van der Waals surface area contributed by atoms with Gasteiger partial charge in [0.15, 0.2) is 0 Å². The monoisotopic (exact) mass is 211 g/mol. The number of hydrogen-bond acceptors (Lipinski definition) is 2. The van der Waals surface area contributed by atoms with Gasteiger partial charge in [-0.05, 0) is 38.1 Å². The lowest BCUT2D eigenvalue weighted by Crippen LogP contribution is -2.01. The first-order valence-corrected chi connectivity index (χ1v) is 5.48. The van der Waals surface area contributed by atoms with Crippen LogP contribution in [0.15, 0.2) is 36.7 Å². The lowest BCUT2D eigenvalue weighted by atomic mass is 10.2. The predicted molar refractivity (Wildman–Crippen MR) is 65.4 cm³/mol. The maximum Gasteiger partial charge on any atom is 0.142 e. The molecule has 0 bridgehead atoms.